The van der Waals surface area contributed by atoms with Crippen LogP contribution in [0.3, 0.4) is 0 Å². The largest absolute Gasteiger partial charge is 0.312 e. The third-order valence-corrected chi connectivity index (χ3v) is 3.01. The number of para-hydroxylation sites is 2. The van der Waals surface area contributed by atoms with Gasteiger partial charge in [-0.2, -0.15) is 0 Å². The Bertz CT molecular complexity index is 681. The second kappa shape index (κ2) is 6.47. The lowest BCUT2D eigenvalue weighted by molar-refractivity contribution is -0.385. The summed E-state index contributed by atoms with van der Waals surface area (Å²) in [7, 11) is 1.65. The van der Waals surface area contributed by atoms with Crippen LogP contribution in [0.15, 0.2) is 60.7 Å². The molecule has 0 unspecified atom stereocenters. The molecule has 0 heterocycles. The van der Waals surface area contributed by atoms with Crippen LogP contribution in [-0.4, -0.2) is 17.9 Å². The predicted octanol–water partition coefficient (Wildman–Crippen LogP) is 3.27. The highest BCUT2D eigenvalue weighted by Gasteiger charge is 2.11. The summed E-state index contributed by atoms with van der Waals surface area (Å²) in [5.74, 6) is -0.251. The Morgan fingerprint density at radius 1 is 1.10 bits per heavy atom. The Labute approximate surface area is 122 Å². The Balaban J connectivity index is 2.18. The fourth-order valence-electron chi connectivity index (χ4n) is 1.85. The summed E-state index contributed by atoms with van der Waals surface area (Å²) in [4.78, 5) is 24.0. The van der Waals surface area contributed by atoms with Crippen molar-refractivity contribution in [2.75, 3.05) is 11.9 Å². The molecule has 0 fully saturated rings. The molecule has 0 atom stereocenters. The summed E-state index contributed by atoms with van der Waals surface area (Å²) < 4.78 is 0. The van der Waals surface area contributed by atoms with Crippen LogP contribution in [-0.2, 0) is 4.79 Å². The highest BCUT2D eigenvalue weighted by atomic mass is 16.6. The Kier molecular flexibility index (Phi) is 4.46. The molecule has 0 spiro atoms. The first-order chi connectivity index (χ1) is 10.1. The maximum absolute atomic E-state index is 12.1. The fraction of sp³-hybridized carbons (Fsp3) is 0.0625. The molecule has 21 heavy (non-hydrogen) atoms. The number of amides is 1. The lowest BCUT2D eigenvalue weighted by Gasteiger charge is -2.14. The summed E-state index contributed by atoms with van der Waals surface area (Å²) in [6.45, 7) is 0. The molecule has 2 rings (SSSR count). The number of hydrogen-bond acceptors (Lipinski definition) is 3. The molecule has 0 aliphatic heterocycles. The van der Waals surface area contributed by atoms with Crippen LogP contribution in [0.25, 0.3) is 6.08 Å². The lowest BCUT2D eigenvalue weighted by Crippen LogP contribution is -2.23. The van der Waals surface area contributed by atoms with Crippen molar-refractivity contribution in [1.29, 1.82) is 0 Å². The van der Waals surface area contributed by atoms with Crippen molar-refractivity contribution in [3.05, 3.63) is 76.4 Å². The minimum absolute atomic E-state index is 0.0242. The van der Waals surface area contributed by atoms with E-state index in [1.807, 2.05) is 30.3 Å². The number of likely N-dealkylation sites (N-methyl/N-ethyl adjacent to an activating group) is 1. The van der Waals surface area contributed by atoms with E-state index in [0.717, 1.165) is 5.69 Å². The summed E-state index contributed by atoms with van der Waals surface area (Å²) in [6.07, 6.45) is 2.79. The van der Waals surface area contributed by atoms with Gasteiger partial charge >= 0.3 is 0 Å². The molecule has 0 radical (unpaired) electrons. The number of nitro benzene ring substituents is 1. The van der Waals surface area contributed by atoms with Crippen LogP contribution < -0.4 is 4.90 Å². The third-order valence-electron chi connectivity index (χ3n) is 3.01. The molecule has 0 aliphatic carbocycles. The van der Waals surface area contributed by atoms with Crippen molar-refractivity contribution < 1.29 is 9.72 Å². The molecule has 0 saturated heterocycles. The quantitative estimate of drug-likeness (QED) is 0.491. The van der Waals surface area contributed by atoms with Crippen LogP contribution in [0.1, 0.15) is 5.56 Å². The van der Waals surface area contributed by atoms with Gasteiger partial charge in [0.05, 0.1) is 10.5 Å². The molecule has 0 bridgehead atoms. The van der Waals surface area contributed by atoms with Gasteiger partial charge in [-0.3, -0.25) is 14.9 Å². The molecule has 0 N–H and O–H groups in total. The van der Waals surface area contributed by atoms with Crippen LogP contribution in [0.2, 0.25) is 0 Å². The first-order valence-electron chi connectivity index (χ1n) is 6.34. The van der Waals surface area contributed by atoms with Gasteiger partial charge in [0.15, 0.2) is 0 Å². The summed E-state index contributed by atoms with van der Waals surface area (Å²) >= 11 is 0. The van der Waals surface area contributed by atoms with E-state index in [0.29, 0.717) is 5.56 Å². The van der Waals surface area contributed by atoms with E-state index >= 15 is 0 Å². The van der Waals surface area contributed by atoms with Gasteiger partial charge in [0, 0.05) is 24.9 Å². The zero-order valence-corrected chi connectivity index (χ0v) is 11.5. The van der Waals surface area contributed by atoms with Gasteiger partial charge in [0.25, 0.3) is 11.6 Å². The maximum Gasteiger partial charge on any atom is 0.276 e. The van der Waals surface area contributed by atoms with Crippen LogP contribution in [0, 0.1) is 10.1 Å². The molecule has 2 aromatic carbocycles. The minimum atomic E-state index is -0.467. The SMILES string of the molecule is CN(C(=O)C=Cc1ccccc1[N+](=O)[O-])c1ccccc1. The van der Waals surface area contributed by atoms with Gasteiger partial charge in [-0.15, -0.1) is 0 Å². The standard InChI is InChI=1S/C16H14N2O3/c1-17(14-8-3-2-4-9-14)16(19)12-11-13-7-5-6-10-15(13)18(20)21/h2-12H,1H3. The fourth-order valence-corrected chi connectivity index (χ4v) is 1.85. The van der Waals surface area contributed by atoms with Crippen LogP contribution >= 0.6 is 0 Å². The van der Waals surface area contributed by atoms with Crippen molar-refractivity contribution in [3.63, 3.8) is 0 Å². The van der Waals surface area contributed by atoms with Gasteiger partial charge in [-0.1, -0.05) is 30.3 Å². The number of nitrogens with zero attached hydrogens (tertiary/aromatic N) is 2. The minimum Gasteiger partial charge on any atom is -0.312 e. The van der Waals surface area contributed by atoms with Gasteiger partial charge in [-0.25, -0.2) is 0 Å². The monoisotopic (exact) mass is 282 g/mol. The molecule has 1 amide bonds. The summed E-state index contributed by atoms with van der Waals surface area (Å²) in [5.41, 5.74) is 1.14. The van der Waals surface area contributed by atoms with E-state index in [4.69, 9.17) is 0 Å². The van der Waals surface area contributed by atoms with Crippen LogP contribution in [0.4, 0.5) is 11.4 Å². The summed E-state index contributed by atoms with van der Waals surface area (Å²) in [5, 5.41) is 10.9. The number of rotatable bonds is 4. The van der Waals surface area contributed by atoms with E-state index in [1.165, 1.54) is 23.1 Å². The van der Waals surface area contributed by atoms with E-state index in [9.17, 15) is 14.9 Å². The lowest BCUT2D eigenvalue weighted by atomic mass is 10.1. The second-order valence-corrected chi connectivity index (χ2v) is 4.38. The average molecular weight is 282 g/mol. The molecule has 0 aromatic heterocycles. The highest BCUT2D eigenvalue weighted by molar-refractivity contribution is 6.03. The molecule has 0 aliphatic rings. The van der Waals surface area contributed by atoms with Gasteiger partial charge in [0.2, 0.25) is 0 Å². The topological polar surface area (TPSA) is 63.5 Å². The predicted molar refractivity (Wildman–Crippen MR) is 82.0 cm³/mol. The Hall–Kier alpha value is -2.95. The molecular weight excluding hydrogens is 268 g/mol. The third kappa shape index (κ3) is 3.54. The first-order valence-corrected chi connectivity index (χ1v) is 6.34. The number of carbonyl (C=O) groups excluding carboxylic acids is 1. The Morgan fingerprint density at radius 3 is 2.38 bits per heavy atom. The van der Waals surface area contributed by atoms with Gasteiger partial charge in [0.1, 0.15) is 0 Å². The number of carbonyl (C=O) groups is 1. The molecular formula is C16H14N2O3. The van der Waals surface area contributed by atoms with Crippen molar-refractivity contribution in [2.45, 2.75) is 0 Å². The molecule has 2 aromatic rings. The first kappa shape index (κ1) is 14.5. The van der Waals surface area contributed by atoms with Crippen molar-refractivity contribution in [2.24, 2.45) is 0 Å². The molecule has 5 nitrogen and oxygen atoms in total. The summed E-state index contributed by atoms with van der Waals surface area (Å²) in [6, 6.07) is 15.5. The van der Waals surface area contributed by atoms with E-state index in [-0.39, 0.29) is 11.6 Å². The normalized spacial score (nSPS) is 10.5. The van der Waals surface area contributed by atoms with Crippen molar-refractivity contribution in [3.8, 4) is 0 Å². The number of anilines is 1. The Morgan fingerprint density at radius 2 is 1.71 bits per heavy atom. The number of benzene rings is 2. The number of hydrogen-bond donors (Lipinski definition) is 0. The average Bonchev–Trinajstić information content (AvgIpc) is 2.52. The molecule has 0 saturated carbocycles. The van der Waals surface area contributed by atoms with Crippen molar-refractivity contribution in [1.82, 2.24) is 0 Å². The second-order valence-electron chi connectivity index (χ2n) is 4.38. The van der Waals surface area contributed by atoms with Gasteiger partial charge in [-0.05, 0) is 24.3 Å². The van der Waals surface area contributed by atoms with E-state index in [1.54, 1.807) is 25.2 Å². The van der Waals surface area contributed by atoms with E-state index in [2.05, 4.69) is 0 Å². The smallest absolute Gasteiger partial charge is 0.276 e. The molecule has 106 valence electrons. The van der Waals surface area contributed by atoms with Crippen molar-refractivity contribution >= 4 is 23.4 Å². The zero-order valence-electron chi connectivity index (χ0n) is 11.5. The zero-order chi connectivity index (χ0) is 15.2. The van der Waals surface area contributed by atoms with Crippen LogP contribution in [0.5, 0.6) is 0 Å². The molecule has 5 heteroatoms. The van der Waals surface area contributed by atoms with Gasteiger partial charge < -0.3 is 4.90 Å². The number of nitro groups is 1. The van der Waals surface area contributed by atoms with E-state index < -0.39 is 4.92 Å². The highest BCUT2D eigenvalue weighted by Crippen LogP contribution is 2.19. The maximum atomic E-state index is 12.1.